The van der Waals surface area contributed by atoms with Gasteiger partial charge in [-0.2, -0.15) is 0 Å². The van der Waals surface area contributed by atoms with Gasteiger partial charge in [-0.1, -0.05) is 13.8 Å². The van der Waals surface area contributed by atoms with E-state index in [0.717, 1.165) is 24.6 Å². The van der Waals surface area contributed by atoms with Crippen LogP contribution < -0.4 is 4.90 Å². The molecule has 0 bridgehead atoms. The lowest BCUT2D eigenvalue weighted by molar-refractivity contribution is 0.805. The third kappa shape index (κ3) is 1.86. The summed E-state index contributed by atoms with van der Waals surface area (Å²) in [6, 6.07) is 2.12. The van der Waals surface area contributed by atoms with Crippen molar-refractivity contribution in [3.8, 4) is 0 Å². The van der Waals surface area contributed by atoms with Gasteiger partial charge < -0.3 is 4.90 Å². The summed E-state index contributed by atoms with van der Waals surface area (Å²) in [5.74, 6) is 1.58. The average Bonchev–Trinajstić information content (AvgIpc) is 2.71. The van der Waals surface area contributed by atoms with E-state index in [1.807, 2.05) is 0 Å². The lowest BCUT2D eigenvalue weighted by Gasteiger charge is -2.17. The molecule has 76 valence electrons. The van der Waals surface area contributed by atoms with Crippen molar-refractivity contribution in [2.75, 3.05) is 18.0 Å². The zero-order valence-corrected chi connectivity index (χ0v) is 8.90. The van der Waals surface area contributed by atoms with E-state index in [9.17, 15) is 0 Å². The molecule has 0 atom stereocenters. The van der Waals surface area contributed by atoms with Crippen LogP contribution in [0.5, 0.6) is 0 Å². The van der Waals surface area contributed by atoms with E-state index >= 15 is 0 Å². The Balaban J connectivity index is 2.21. The summed E-state index contributed by atoms with van der Waals surface area (Å²) in [6.07, 6.45) is 4.27. The molecular formula is C11H17N3. The van der Waals surface area contributed by atoms with Crippen LogP contribution in [0.15, 0.2) is 12.4 Å². The number of hydrogen-bond donors (Lipinski definition) is 0. The van der Waals surface area contributed by atoms with Crippen LogP contribution in [0.4, 0.5) is 5.82 Å². The summed E-state index contributed by atoms with van der Waals surface area (Å²) in [5, 5.41) is 0. The Labute approximate surface area is 85.2 Å². The molecule has 0 unspecified atom stereocenters. The third-order valence-electron chi connectivity index (χ3n) is 2.70. The highest BCUT2D eigenvalue weighted by Crippen LogP contribution is 2.20. The van der Waals surface area contributed by atoms with E-state index in [0.29, 0.717) is 5.92 Å². The van der Waals surface area contributed by atoms with Crippen molar-refractivity contribution in [3.63, 3.8) is 0 Å². The fourth-order valence-electron chi connectivity index (χ4n) is 1.80. The number of hydrogen-bond acceptors (Lipinski definition) is 3. The molecule has 3 heteroatoms. The quantitative estimate of drug-likeness (QED) is 0.717. The van der Waals surface area contributed by atoms with Gasteiger partial charge in [0.25, 0.3) is 0 Å². The van der Waals surface area contributed by atoms with Crippen LogP contribution in [0.1, 0.15) is 38.3 Å². The standard InChI is InChI=1S/C11H17N3/c1-9(2)10-7-11(13-8-12-10)14-5-3-4-6-14/h7-9H,3-6H2,1-2H3. The van der Waals surface area contributed by atoms with Gasteiger partial charge in [-0.3, -0.25) is 0 Å². The van der Waals surface area contributed by atoms with Gasteiger partial charge in [0.1, 0.15) is 12.1 Å². The molecule has 1 aliphatic rings. The molecule has 2 rings (SSSR count). The van der Waals surface area contributed by atoms with Crippen molar-refractivity contribution < 1.29 is 0 Å². The van der Waals surface area contributed by atoms with Gasteiger partial charge in [0.15, 0.2) is 0 Å². The Kier molecular flexibility index (Phi) is 2.66. The largest absolute Gasteiger partial charge is 0.357 e. The van der Waals surface area contributed by atoms with Crippen LogP contribution in [0.25, 0.3) is 0 Å². The predicted octanol–water partition coefficient (Wildman–Crippen LogP) is 2.20. The van der Waals surface area contributed by atoms with Gasteiger partial charge in [-0.05, 0) is 18.8 Å². The Morgan fingerprint density at radius 1 is 1.21 bits per heavy atom. The molecule has 0 spiro atoms. The van der Waals surface area contributed by atoms with Crippen LogP contribution in [0.2, 0.25) is 0 Å². The molecule has 1 saturated heterocycles. The van der Waals surface area contributed by atoms with Gasteiger partial charge in [-0.15, -0.1) is 0 Å². The minimum Gasteiger partial charge on any atom is -0.357 e. The molecule has 1 aromatic heterocycles. The van der Waals surface area contributed by atoms with Crippen molar-refractivity contribution in [1.29, 1.82) is 0 Å². The molecule has 2 heterocycles. The predicted molar refractivity (Wildman–Crippen MR) is 57.6 cm³/mol. The van der Waals surface area contributed by atoms with E-state index in [2.05, 4.69) is 34.8 Å². The molecule has 14 heavy (non-hydrogen) atoms. The first-order valence-electron chi connectivity index (χ1n) is 5.34. The van der Waals surface area contributed by atoms with Gasteiger partial charge in [-0.25, -0.2) is 9.97 Å². The number of rotatable bonds is 2. The van der Waals surface area contributed by atoms with Crippen LogP contribution in [0.3, 0.4) is 0 Å². The fourth-order valence-corrected chi connectivity index (χ4v) is 1.80. The molecule has 0 saturated carbocycles. The highest BCUT2D eigenvalue weighted by Gasteiger charge is 2.14. The summed E-state index contributed by atoms with van der Waals surface area (Å²) < 4.78 is 0. The molecule has 0 aromatic carbocycles. The van der Waals surface area contributed by atoms with Crippen LogP contribution in [-0.4, -0.2) is 23.1 Å². The zero-order valence-electron chi connectivity index (χ0n) is 8.90. The van der Waals surface area contributed by atoms with Crippen molar-refractivity contribution in [1.82, 2.24) is 9.97 Å². The maximum atomic E-state index is 4.32. The molecule has 1 aliphatic heterocycles. The smallest absolute Gasteiger partial charge is 0.132 e. The monoisotopic (exact) mass is 191 g/mol. The number of nitrogens with zero attached hydrogens (tertiary/aromatic N) is 3. The molecule has 0 amide bonds. The van der Waals surface area contributed by atoms with Crippen molar-refractivity contribution in [2.45, 2.75) is 32.6 Å². The van der Waals surface area contributed by atoms with E-state index in [1.165, 1.54) is 12.8 Å². The Morgan fingerprint density at radius 3 is 2.57 bits per heavy atom. The van der Waals surface area contributed by atoms with Gasteiger partial charge in [0, 0.05) is 24.8 Å². The lowest BCUT2D eigenvalue weighted by Crippen LogP contribution is -2.19. The van der Waals surface area contributed by atoms with E-state index in [1.54, 1.807) is 6.33 Å². The first kappa shape index (κ1) is 9.44. The molecule has 0 aliphatic carbocycles. The van der Waals surface area contributed by atoms with Crippen molar-refractivity contribution >= 4 is 5.82 Å². The first-order valence-corrected chi connectivity index (χ1v) is 5.34. The van der Waals surface area contributed by atoms with Crippen molar-refractivity contribution in [2.24, 2.45) is 0 Å². The molecule has 0 radical (unpaired) electrons. The van der Waals surface area contributed by atoms with Crippen LogP contribution >= 0.6 is 0 Å². The Bertz CT molecular complexity index is 303. The minimum atomic E-state index is 0.486. The van der Waals surface area contributed by atoms with Crippen LogP contribution in [-0.2, 0) is 0 Å². The average molecular weight is 191 g/mol. The first-order chi connectivity index (χ1) is 6.77. The zero-order chi connectivity index (χ0) is 9.97. The van der Waals surface area contributed by atoms with Gasteiger partial charge >= 0.3 is 0 Å². The Hall–Kier alpha value is -1.12. The molecule has 0 N–H and O–H groups in total. The molecule has 1 fully saturated rings. The van der Waals surface area contributed by atoms with E-state index in [-0.39, 0.29) is 0 Å². The van der Waals surface area contributed by atoms with Crippen LogP contribution in [0, 0.1) is 0 Å². The lowest BCUT2D eigenvalue weighted by atomic mass is 10.1. The fraction of sp³-hybridized carbons (Fsp3) is 0.636. The van der Waals surface area contributed by atoms with Gasteiger partial charge in [0.2, 0.25) is 0 Å². The second-order valence-corrected chi connectivity index (χ2v) is 4.15. The number of aromatic nitrogens is 2. The topological polar surface area (TPSA) is 29.0 Å². The highest BCUT2D eigenvalue weighted by molar-refractivity contribution is 5.40. The SMILES string of the molecule is CC(C)c1cc(N2CCCC2)ncn1. The summed E-state index contributed by atoms with van der Waals surface area (Å²) in [4.78, 5) is 10.9. The van der Waals surface area contributed by atoms with Crippen molar-refractivity contribution in [3.05, 3.63) is 18.1 Å². The normalized spacial score (nSPS) is 16.6. The maximum absolute atomic E-state index is 4.32. The maximum Gasteiger partial charge on any atom is 0.132 e. The Morgan fingerprint density at radius 2 is 1.93 bits per heavy atom. The third-order valence-corrected chi connectivity index (χ3v) is 2.70. The summed E-state index contributed by atoms with van der Waals surface area (Å²) in [5.41, 5.74) is 1.14. The highest BCUT2D eigenvalue weighted by atomic mass is 15.2. The molecular weight excluding hydrogens is 174 g/mol. The summed E-state index contributed by atoms with van der Waals surface area (Å²) >= 11 is 0. The second-order valence-electron chi connectivity index (χ2n) is 4.15. The van der Waals surface area contributed by atoms with Gasteiger partial charge in [0.05, 0.1) is 0 Å². The molecule has 3 nitrogen and oxygen atoms in total. The molecule has 1 aromatic rings. The van der Waals surface area contributed by atoms with E-state index in [4.69, 9.17) is 0 Å². The summed E-state index contributed by atoms with van der Waals surface area (Å²) in [6.45, 7) is 6.62. The number of anilines is 1. The summed E-state index contributed by atoms with van der Waals surface area (Å²) in [7, 11) is 0. The van der Waals surface area contributed by atoms with E-state index < -0.39 is 0 Å². The minimum absolute atomic E-state index is 0.486. The second kappa shape index (κ2) is 3.95.